The van der Waals surface area contributed by atoms with Gasteiger partial charge in [-0.2, -0.15) is 0 Å². The number of hydrogen-bond acceptors (Lipinski definition) is 5. The molecular weight excluding hydrogens is 380 g/mol. The van der Waals surface area contributed by atoms with Crippen LogP contribution in [0, 0.1) is 11.8 Å². The molecule has 5 rings (SSSR count). The van der Waals surface area contributed by atoms with Gasteiger partial charge in [0.25, 0.3) is 0 Å². The van der Waals surface area contributed by atoms with E-state index in [9.17, 15) is 4.79 Å². The molecule has 1 aliphatic heterocycles. The summed E-state index contributed by atoms with van der Waals surface area (Å²) >= 11 is 1.85. The maximum Gasteiger partial charge on any atom is 0.227 e. The Labute approximate surface area is 175 Å². The van der Waals surface area contributed by atoms with Crippen LogP contribution in [0.3, 0.4) is 0 Å². The Balaban J connectivity index is 1.32. The number of carbonyl (C=O) groups is 1. The number of piperidine rings is 1. The quantitative estimate of drug-likeness (QED) is 0.687. The van der Waals surface area contributed by atoms with Crippen molar-refractivity contribution in [3.63, 3.8) is 0 Å². The summed E-state index contributed by atoms with van der Waals surface area (Å²) in [6.45, 7) is 4.06. The number of benzene rings is 1. The molecule has 1 aromatic carbocycles. The Morgan fingerprint density at radius 3 is 2.72 bits per heavy atom. The summed E-state index contributed by atoms with van der Waals surface area (Å²) in [6.07, 6.45) is 6.96. The highest BCUT2D eigenvalue weighted by atomic mass is 32.1. The fourth-order valence-corrected chi connectivity index (χ4v) is 5.96. The monoisotopic (exact) mass is 406 g/mol. The van der Waals surface area contributed by atoms with Crippen LogP contribution in [-0.4, -0.2) is 29.0 Å². The number of nitrogens with one attached hydrogen (secondary N) is 1. The lowest BCUT2D eigenvalue weighted by Gasteiger charge is -2.32. The van der Waals surface area contributed by atoms with Crippen molar-refractivity contribution in [1.82, 2.24) is 9.97 Å². The summed E-state index contributed by atoms with van der Waals surface area (Å²) in [6, 6.07) is 9.72. The summed E-state index contributed by atoms with van der Waals surface area (Å²) in [5, 5.41) is 4.33. The minimum atomic E-state index is 0.0565. The predicted molar refractivity (Wildman–Crippen MR) is 119 cm³/mol. The average molecular weight is 407 g/mol. The van der Waals surface area contributed by atoms with Crippen LogP contribution in [0.5, 0.6) is 0 Å². The number of aromatic nitrogens is 2. The lowest BCUT2D eigenvalue weighted by Crippen LogP contribution is -2.38. The number of nitrogens with zero attached hydrogens (tertiary/aromatic N) is 3. The highest BCUT2D eigenvalue weighted by Gasteiger charge is 2.29. The minimum absolute atomic E-state index is 0.0565. The fourth-order valence-electron chi connectivity index (χ4n) is 4.62. The van der Waals surface area contributed by atoms with E-state index in [4.69, 9.17) is 0 Å². The zero-order valence-electron chi connectivity index (χ0n) is 16.7. The third-order valence-electron chi connectivity index (χ3n) is 6.28. The van der Waals surface area contributed by atoms with E-state index in [1.807, 2.05) is 41.7 Å². The Bertz CT molecular complexity index is 1020. The first-order valence-corrected chi connectivity index (χ1v) is 11.4. The first kappa shape index (κ1) is 18.6. The third kappa shape index (κ3) is 3.62. The highest BCUT2D eigenvalue weighted by Crippen LogP contribution is 2.41. The van der Waals surface area contributed by atoms with Gasteiger partial charge in [0.2, 0.25) is 5.91 Å². The normalized spacial score (nSPS) is 19.9. The molecule has 6 heteroatoms. The van der Waals surface area contributed by atoms with Crippen LogP contribution >= 0.6 is 11.3 Å². The molecule has 1 saturated heterocycles. The van der Waals surface area contributed by atoms with Crippen LogP contribution in [-0.2, 0) is 17.6 Å². The second-order valence-corrected chi connectivity index (χ2v) is 9.43. The Morgan fingerprint density at radius 2 is 1.93 bits per heavy atom. The number of para-hydroxylation sites is 1. The second kappa shape index (κ2) is 7.75. The fraction of sp³-hybridized carbons (Fsp3) is 0.435. The molecule has 1 N–H and O–H groups in total. The molecule has 0 radical (unpaired) electrons. The maximum atomic E-state index is 12.7. The van der Waals surface area contributed by atoms with Crippen molar-refractivity contribution in [3.05, 3.63) is 47.1 Å². The van der Waals surface area contributed by atoms with Crippen LogP contribution in [0.1, 0.15) is 36.6 Å². The second-order valence-electron chi connectivity index (χ2n) is 8.35. The number of anilines is 2. The number of fused-ring (bicyclic) bond motifs is 3. The molecule has 1 fully saturated rings. The van der Waals surface area contributed by atoms with Crippen LogP contribution in [0.25, 0.3) is 10.2 Å². The van der Waals surface area contributed by atoms with E-state index in [0.29, 0.717) is 0 Å². The van der Waals surface area contributed by atoms with E-state index in [1.165, 1.54) is 22.2 Å². The largest absolute Gasteiger partial charge is 0.356 e. The van der Waals surface area contributed by atoms with Gasteiger partial charge >= 0.3 is 0 Å². The zero-order valence-corrected chi connectivity index (χ0v) is 17.5. The molecule has 5 nitrogen and oxygen atoms in total. The summed E-state index contributed by atoms with van der Waals surface area (Å²) < 4.78 is 0. The van der Waals surface area contributed by atoms with Gasteiger partial charge in [0.15, 0.2) is 0 Å². The lowest BCUT2D eigenvalue weighted by atomic mass is 9.89. The first-order valence-electron chi connectivity index (χ1n) is 10.5. The van der Waals surface area contributed by atoms with E-state index < -0.39 is 0 Å². The first-order chi connectivity index (χ1) is 14.2. The molecule has 0 saturated carbocycles. The molecular formula is C23H26N4OS. The molecule has 1 unspecified atom stereocenters. The molecule has 1 aliphatic carbocycles. The number of aryl methyl sites for hydroxylation is 1. The van der Waals surface area contributed by atoms with Crippen molar-refractivity contribution in [2.45, 2.75) is 39.0 Å². The van der Waals surface area contributed by atoms with E-state index in [0.717, 1.165) is 61.0 Å². The smallest absolute Gasteiger partial charge is 0.227 e. The molecule has 2 aliphatic rings. The Kier molecular flexibility index (Phi) is 4.96. The summed E-state index contributed by atoms with van der Waals surface area (Å²) in [5.74, 6) is 2.02. The number of thiophene rings is 1. The SMILES string of the molecule is CC1CCc2c(sc3ncnc(N4CCC(C(=O)Nc5ccccc5)CC4)c23)C1. The molecule has 3 heterocycles. The van der Waals surface area contributed by atoms with Gasteiger partial charge in [0.05, 0.1) is 5.39 Å². The molecule has 1 atom stereocenters. The minimum Gasteiger partial charge on any atom is -0.356 e. The van der Waals surface area contributed by atoms with Gasteiger partial charge in [-0.3, -0.25) is 4.79 Å². The zero-order chi connectivity index (χ0) is 19.8. The molecule has 150 valence electrons. The van der Waals surface area contributed by atoms with Crippen molar-refractivity contribution in [3.8, 4) is 0 Å². The average Bonchev–Trinajstić information content (AvgIpc) is 3.12. The molecule has 1 amide bonds. The summed E-state index contributed by atoms with van der Waals surface area (Å²) in [5.41, 5.74) is 2.35. The topological polar surface area (TPSA) is 58.1 Å². The highest BCUT2D eigenvalue weighted by molar-refractivity contribution is 7.19. The van der Waals surface area contributed by atoms with E-state index >= 15 is 0 Å². The van der Waals surface area contributed by atoms with Gasteiger partial charge in [-0.15, -0.1) is 11.3 Å². The molecule has 2 aromatic heterocycles. The lowest BCUT2D eigenvalue weighted by molar-refractivity contribution is -0.120. The van der Waals surface area contributed by atoms with E-state index in [2.05, 4.69) is 27.1 Å². The van der Waals surface area contributed by atoms with Crippen molar-refractivity contribution >= 4 is 39.0 Å². The van der Waals surface area contributed by atoms with Crippen LogP contribution < -0.4 is 10.2 Å². The van der Waals surface area contributed by atoms with E-state index in [-0.39, 0.29) is 11.8 Å². The maximum absolute atomic E-state index is 12.7. The van der Waals surface area contributed by atoms with Gasteiger partial charge in [-0.05, 0) is 55.7 Å². The van der Waals surface area contributed by atoms with Crippen molar-refractivity contribution < 1.29 is 4.79 Å². The standard InChI is InChI=1S/C23H26N4OS/c1-15-7-8-18-19(13-15)29-23-20(18)21(24-14-25-23)27-11-9-16(10-12-27)22(28)26-17-5-3-2-4-6-17/h2-6,14-16H,7-13H2,1H3,(H,26,28). The van der Waals surface area contributed by atoms with Crippen molar-refractivity contribution in [2.75, 3.05) is 23.3 Å². The molecule has 3 aromatic rings. The van der Waals surface area contributed by atoms with Crippen LogP contribution in [0.15, 0.2) is 36.7 Å². The Morgan fingerprint density at radius 1 is 1.14 bits per heavy atom. The third-order valence-corrected chi connectivity index (χ3v) is 7.44. The van der Waals surface area contributed by atoms with Crippen molar-refractivity contribution in [1.29, 1.82) is 0 Å². The number of carbonyl (C=O) groups excluding carboxylic acids is 1. The predicted octanol–water partition coefficient (Wildman–Crippen LogP) is 4.67. The number of hydrogen-bond donors (Lipinski definition) is 1. The molecule has 0 bridgehead atoms. The van der Waals surface area contributed by atoms with Gasteiger partial charge in [-0.25, -0.2) is 9.97 Å². The number of amides is 1. The van der Waals surface area contributed by atoms with Gasteiger partial charge < -0.3 is 10.2 Å². The summed E-state index contributed by atoms with van der Waals surface area (Å²) in [7, 11) is 0. The van der Waals surface area contributed by atoms with Crippen LogP contribution in [0.4, 0.5) is 11.5 Å². The van der Waals surface area contributed by atoms with Gasteiger partial charge in [-0.1, -0.05) is 25.1 Å². The molecule has 29 heavy (non-hydrogen) atoms. The van der Waals surface area contributed by atoms with Crippen molar-refractivity contribution in [2.24, 2.45) is 11.8 Å². The summed E-state index contributed by atoms with van der Waals surface area (Å²) in [4.78, 5) is 26.9. The van der Waals surface area contributed by atoms with E-state index in [1.54, 1.807) is 6.33 Å². The van der Waals surface area contributed by atoms with Gasteiger partial charge in [0, 0.05) is 29.6 Å². The van der Waals surface area contributed by atoms with Gasteiger partial charge in [0.1, 0.15) is 17.0 Å². The Hall–Kier alpha value is -2.47. The van der Waals surface area contributed by atoms with Crippen LogP contribution in [0.2, 0.25) is 0 Å². The number of rotatable bonds is 3. The molecule has 0 spiro atoms.